The van der Waals surface area contributed by atoms with E-state index in [0.717, 1.165) is 0 Å². The number of nitrogens with zero attached hydrogens (tertiary/aromatic N) is 3. The normalized spacial score (nSPS) is 11.0. The van der Waals surface area contributed by atoms with Crippen molar-refractivity contribution in [2.75, 3.05) is 19.1 Å². The van der Waals surface area contributed by atoms with E-state index in [1.54, 1.807) is 6.07 Å². The molecule has 150 valence electrons. The lowest BCUT2D eigenvalue weighted by Crippen LogP contribution is -2.12. The number of nitro benzene ring substituents is 1. The van der Waals surface area contributed by atoms with E-state index < -0.39 is 4.92 Å². The molecule has 0 aliphatic heterocycles. The Hall–Kier alpha value is -3.43. The van der Waals surface area contributed by atoms with Crippen LogP contribution >= 0.6 is 0 Å². The second kappa shape index (κ2) is 9.49. The molecule has 0 unspecified atom stereocenters. The van der Waals surface area contributed by atoms with Crippen LogP contribution in [0.2, 0.25) is 0 Å². The number of nitro groups is 1. The highest BCUT2D eigenvalue weighted by atomic mass is 16.6. The van der Waals surface area contributed by atoms with Gasteiger partial charge < -0.3 is 9.47 Å². The molecule has 0 amide bonds. The van der Waals surface area contributed by atoms with Crippen LogP contribution in [0, 0.1) is 10.1 Å². The van der Waals surface area contributed by atoms with Gasteiger partial charge in [-0.15, -0.1) is 0 Å². The molecule has 10 nitrogen and oxygen atoms in total. The van der Waals surface area contributed by atoms with Crippen molar-refractivity contribution in [3.63, 3.8) is 0 Å². The van der Waals surface area contributed by atoms with Gasteiger partial charge in [0.15, 0.2) is 5.75 Å². The van der Waals surface area contributed by atoms with Gasteiger partial charge in [-0.2, -0.15) is 5.10 Å². The molecule has 0 bridgehead atoms. The van der Waals surface area contributed by atoms with Crippen molar-refractivity contribution in [3.05, 3.63) is 49.9 Å². The van der Waals surface area contributed by atoms with E-state index in [-0.39, 0.29) is 34.6 Å². The van der Waals surface area contributed by atoms with Crippen LogP contribution in [0.4, 0.5) is 11.6 Å². The fourth-order valence-electron chi connectivity index (χ4n) is 2.31. The third kappa shape index (κ3) is 5.29. The molecule has 2 rings (SSSR count). The van der Waals surface area contributed by atoms with Gasteiger partial charge in [0.2, 0.25) is 11.7 Å². The molecule has 1 aromatic heterocycles. The molecule has 28 heavy (non-hydrogen) atoms. The van der Waals surface area contributed by atoms with Gasteiger partial charge in [0.25, 0.3) is 5.56 Å². The van der Waals surface area contributed by atoms with Gasteiger partial charge in [0, 0.05) is 17.7 Å². The molecular weight excluding hydrogens is 366 g/mol. The molecular formula is C18H23N5O5. The molecule has 0 saturated carbocycles. The Labute approximate surface area is 161 Å². The Balaban J connectivity index is 2.29. The van der Waals surface area contributed by atoms with Crippen molar-refractivity contribution in [1.82, 2.24) is 9.97 Å². The van der Waals surface area contributed by atoms with Gasteiger partial charge >= 0.3 is 5.69 Å². The number of anilines is 1. The summed E-state index contributed by atoms with van der Waals surface area (Å²) >= 11 is 0. The largest absolute Gasteiger partial charge is 0.493 e. The third-order valence-electron chi connectivity index (χ3n) is 3.66. The maximum absolute atomic E-state index is 11.7. The maximum Gasteiger partial charge on any atom is 0.315 e. The first-order valence-corrected chi connectivity index (χ1v) is 8.75. The zero-order valence-corrected chi connectivity index (χ0v) is 16.2. The number of benzene rings is 1. The fraction of sp³-hybridized carbons (Fsp3) is 0.389. The summed E-state index contributed by atoms with van der Waals surface area (Å²) in [7, 11) is 1.41. The first-order chi connectivity index (χ1) is 13.3. The van der Waals surface area contributed by atoms with Crippen molar-refractivity contribution < 1.29 is 14.4 Å². The van der Waals surface area contributed by atoms with Crippen molar-refractivity contribution in [1.29, 1.82) is 0 Å². The highest BCUT2D eigenvalue weighted by molar-refractivity contribution is 5.83. The van der Waals surface area contributed by atoms with E-state index in [1.165, 1.54) is 25.5 Å². The number of hydrogen-bond donors (Lipinski definition) is 2. The fourth-order valence-corrected chi connectivity index (χ4v) is 2.31. The van der Waals surface area contributed by atoms with E-state index >= 15 is 0 Å². The number of hydrazone groups is 1. The van der Waals surface area contributed by atoms with Gasteiger partial charge in [-0.25, -0.2) is 10.4 Å². The average molecular weight is 389 g/mol. The molecule has 2 N–H and O–H groups in total. The quantitative estimate of drug-likeness (QED) is 0.383. The number of H-pyrrole nitrogens is 1. The second-order valence-corrected chi connectivity index (χ2v) is 6.22. The number of rotatable bonds is 9. The summed E-state index contributed by atoms with van der Waals surface area (Å²) in [5, 5.41) is 15.4. The van der Waals surface area contributed by atoms with Gasteiger partial charge in [-0.3, -0.25) is 19.9 Å². The lowest BCUT2D eigenvalue weighted by atomic mass is 10.1. The van der Waals surface area contributed by atoms with Gasteiger partial charge in [-0.1, -0.05) is 20.8 Å². The second-order valence-electron chi connectivity index (χ2n) is 6.22. The molecule has 0 aliphatic carbocycles. The average Bonchev–Trinajstić information content (AvgIpc) is 2.65. The first kappa shape index (κ1) is 20.9. The van der Waals surface area contributed by atoms with E-state index in [2.05, 4.69) is 20.5 Å². The number of aromatic nitrogens is 2. The molecule has 0 fully saturated rings. The molecule has 10 heteroatoms. The summed E-state index contributed by atoms with van der Waals surface area (Å²) < 4.78 is 10.7. The van der Waals surface area contributed by atoms with Crippen LogP contribution in [0.3, 0.4) is 0 Å². The van der Waals surface area contributed by atoms with Gasteiger partial charge in [-0.05, 0) is 18.4 Å². The Bertz CT molecular complexity index is 923. The molecule has 0 radical (unpaired) electrons. The number of hydrogen-bond acceptors (Lipinski definition) is 8. The smallest absolute Gasteiger partial charge is 0.315 e. The lowest BCUT2D eigenvalue weighted by Gasteiger charge is -2.11. The Morgan fingerprint density at radius 1 is 1.39 bits per heavy atom. The third-order valence-corrected chi connectivity index (χ3v) is 3.66. The van der Waals surface area contributed by atoms with Gasteiger partial charge in [0.05, 0.1) is 30.5 Å². The minimum Gasteiger partial charge on any atom is -0.493 e. The van der Waals surface area contributed by atoms with Crippen LogP contribution in [-0.2, 0) is 0 Å². The maximum atomic E-state index is 11.7. The summed E-state index contributed by atoms with van der Waals surface area (Å²) in [6.07, 6.45) is 2.06. The van der Waals surface area contributed by atoms with Crippen molar-refractivity contribution in [2.45, 2.75) is 33.1 Å². The summed E-state index contributed by atoms with van der Waals surface area (Å²) in [5.41, 5.74) is 3.15. The zero-order valence-electron chi connectivity index (χ0n) is 16.2. The number of aromatic amines is 1. The minimum atomic E-state index is -0.538. The molecule has 0 saturated heterocycles. The summed E-state index contributed by atoms with van der Waals surface area (Å²) in [4.78, 5) is 29.3. The van der Waals surface area contributed by atoms with Crippen LogP contribution < -0.4 is 20.5 Å². The highest BCUT2D eigenvalue weighted by Crippen LogP contribution is 2.38. The van der Waals surface area contributed by atoms with Crippen molar-refractivity contribution in [2.24, 2.45) is 5.10 Å². The Morgan fingerprint density at radius 2 is 2.14 bits per heavy atom. The SMILES string of the molecule is CCCOc1c(OC)cc(/C=N\Nc2nc(C(C)C)cc(=O)[nH]2)cc1[N+](=O)[O-]. The lowest BCUT2D eigenvalue weighted by molar-refractivity contribution is -0.386. The molecule has 1 heterocycles. The van der Waals surface area contributed by atoms with Crippen molar-refractivity contribution in [3.8, 4) is 11.5 Å². The molecule has 0 atom stereocenters. The van der Waals surface area contributed by atoms with Crippen LogP contribution in [0.15, 0.2) is 28.1 Å². The van der Waals surface area contributed by atoms with E-state index in [1.807, 2.05) is 20.8 Å². The van der Waals surface area contributed by atoms with Crippen LogP contribution in [0.25, 0.3) is 0 Å². The van der Waals surface area contributed by atoms with E-state index in [0.29, 0.717) is 24.3 Å². The minimum absolute atomic E-state index is 0.0782. The van der Waals surface area contributed by atoms with Crippen molar-refractivity contribution >= 4 is 17.9 Å². The molecule has 0 aliphatic rings. The molecule has 2 aromatic rings. The topological polar surface area (TPSA) is 132 Å². The molecule has 1 aromatic carbocycles. The summed E-state index contributed by atoms with van der Waals surface area (Å²) in [6, 6.07) is 4.33. The predicted octanol–water partition coefficient (Wildman–Crippen LogP) is 3.04. The number of methoxy groups -OCH3 is 1. The number of ether oxygens (including phenoxy) is 2. The Kier molecular flexibility index (Phi) is 7.08. The predicted molar refractivity (Wildman–Crippen MR) is 106 cm³/mol. The Morgan fingerprint density at radius 3 is 2.75 bits per heavy atom. The van der Waals surface area contributed by atoms with Gasteiger partial charge in [0.1, 0.15) is 0 Å². The zero-order chi connectivity index (χ0) is 20.7. The van der Waals surface area contributed by atoms with Crippen LogP contribution in [-0.4, -0.2) is 34.8 Å². The van der Waals surface area contributed by atoms with E-state index in [4.69, 9.17) is 9.47 Å². The van der Waals surface area contributed by atoms with Crippen LogP contribution in [0.1, 0.15) is 44.4 Å². The summed E-state index contributed by atoms with van der Waals surface area (Å²) in [6.45, 7) is 6.07. The highest BCUT2D eigenvalue weighted by Gasteiger charge is 2.21. The molecule has 0 spiro atoms. The first-order valence-electron chi connectivity index (χ1n) is 8.75. The van der Waals surface area contributed by atoms with Crippen LogP contribution in [0.5, 0.6) is 11.5 Å². The number of nitrogens with one attached hydrogen (secondary N) is 2. The monoisotopic (exact) mass is 389 g/mol. The van der Waals surface area contributed by atoms with E-state index in [9.17, 15) is 14.9 Å². The standard InChI is InChI=1S/C18H23N5O5/c1-5-6-28-17-14(23(25)26)7-12(8-15(17)27-4)10-19-22-18-20-13(11(2)3)9-16(24)21-18/h7-11H,5-6H2,1-4H3,(H2,20,21,22,24)/b19-10-. The summed E-state index contributed by atoms with van der Waals surface area (Å²) in [5.74, 6) is 0.568.